The summed E-state index contributed by atoms with van der Waals surface area (Å²) >= 11 is 0. The molecule has 1 amide bonds. The number of allylic oxidation sites excluding steroid dienone is 2. The zero-order valence-corrected chi connectivity index (χ0v) is 39.8. The topological polar surface area (TPSA) is 110 Å². The van der Waals surface area contributed by atoms with Gasteiger partial charge in [0.2, 0.25) is 5.91 Å². The smallest absolute Gasteiger partial charge is 0.249 e. The Labute approximate surface area is 368 Å². The molecule has 0 spiro atoms. The van der Waals surface area contributed by atoms with E-state index in [2.05, 4.69) is 31.3 Å². The van der Waals surface area contributed by atoms with E-state index in [4.69, 9.17) is 0 Å². The van der Waals surface area contributed by atoms with Crippen molar-refractivity contribution < 1.29 is 25.2 Å². The van der Waals surface area contributed by atoms with Gasteiger partial charge in [-0.05, 0) is 38.5 Å². The monoisotopic (exact) mass is 836 g/mol. The SMILES string of the molecule is CCCCCCCCC/C=C\CCCCCCC(O)C(=O)NC(CO)C(O)C(O)CCCCCCCCCCCCCCCCCCCCCCCCCCCCCC. The first-order valence-corrected chi connectivity index (χ1v) is 26.6. The number of carbonyl (C=O) groups excluding carboxylic acids is 1. The number of aliphatic hydroxyl groups is 4. The second-order valence-corrected chi connectivity index (χ2v) is 18.6. The predicted molar refractivity (Wildman–Crippen MR) is 256 cm³/mol. The zero-order chi connectivity index (χ0) is 43.1. The Bertz CT molecular complexity index is 852. The Balaban J connectivity index is 3.59. The van der Waals surface area contributed by atoms with Crippen molar-refractivity contribution in [2.24, 2.45) is 0 Å². The van der Waals surface area contributed by atoms with Crippen molar-refractivity contribution in [3.63, 3.8) is 0 Å². The first-order chi connectivity index (χ1) is 29.0. The predicted octanol–water partition coefficient (Wildman–Crippen LogP) is 14.9. The van der Waals surface area contributed by atoms with Gasteiger partial charge < -0.3 is 25.7 Å². The third kappa shape index (κ3) is 42.1. The maximum Gasteiger partial charge on any atom is 0.249 e. The fourth-order valence-electron chi connectivity index (χ4n) is 8.52. The van der Waals surface area contributed by atoms with Crippen molar-refractivity contribution in [2.45, 2.75) is 314 Å². The van der Waals surface area contributed by atoms with E-state index in [9.17, 15) is 25.2 Å². The number of hydrogen-bond donors (Lipinski definition) is 5. The lowest BCUT2D eigenvalue weighted by Gasteiger charge is -2.27. The van der Waals surface area contributed by atoms with Crippen molar-refractivity contribution in [3.8, 4) is 0 Å². The summed E-state index contributed by atoms with van der Waals surface area (Å²) in [6.45, 7) is 4.07. The molecule has 0 fully saturated rings. The van der Waals surface area contributed by atoms with Crippen LogP contribution in [-0.2, 0) is 4.79 Å². The molecule has 0 aromatic carbocycles. The largest absolute Gasteiger partial charge is 0.394 e. The quantitative estimate of drug-likeness (QED) is 0.0310. The average molecular weight is 836 g/mol. The number of aliphatic hydroxyl groups excluding tert-OH is 4. The van der Waals surface area contributed by atoms with Crippen LogP contribution in [0, 0.1) is 0 Å². The molecule has 0 heterocycles. The van der Waals surface area contributed by atoms with Gasteiger partial charge in [0.15, 0.2) is 0 Å². The molecule has 6 heteroatoms. The molecule has 0 bridgehead atoms. The third-order valence-electron chi connectivity index (χ3n) is 12.7. The highest BCUT2D eigenvalue weighted by molar-refractivity contribution is 5.80. The molecule has 6 nitrogen and oxygen atoms in total. The molecule has 5 N–H and O–H groups in total. The van der Waals surface area contributed by atoms with Gasteiger partial charge >= 0.3 is 0 Å². The summed E-state index contributed by atoms with van der Waals surface area (Å²) in [5.74, 6) is -0.589. The summed E-state index contributed by atoms with van der Waals surface area (Å²) in [7, 11) is 0. The number of unbranched alkanes of at least 4 members (excludes halogenated alkanes) is 38. The van der Waals surface area contributed by atoms with E-state index in [0.29, 0.717) is 12.8 Å². The minimum Gasteiger partial charge on any atom is -0.394 e. The van der Waals surface area contributed by atoms with Gasteiger partial charge in [-0.3, -0.25) is 4.79 Å². The minimum absolute atomic E-state index is 0.357. The van der Waals surface area contributed by atoms with Crippen LogP contribution in [0.3, 0.4) is 0 Å². The Morgan fingerprint density at radius 1 is 0.407 bits per heavy atom. The van der Waals surface area contributed by atoms with E-state index in [0.717, 1.165) is 51.4 Å². The van der Waals surface area contributed by atoms with Gasteiger partial charge in [-0.25, -0.2) is 0 Å². The molecule has 4 unspecified atom stereocenters. The molecule has 0 aliphatic heterocycles. The Morgan fingerprint density at radius 2 is 0.678 bits per heavy atom. The Morgan fingerprint density at radius 3 is 0.983 bits per heavy atom. The van der Waals surface area contributed by atoms with Gasteiger partial charge in [0.1, 0.15) is 12.2 Å². The normalized spacial score (nSPS) is 13.9. The molecule has 0 aromatic heterocycles. The van der Waals surface area contributed by atoms with E-state index < -0.39 is 36.9 Å². The van der Waals surface area contributed by atoms with Crippen LogP contribution in [0.2, 0.25) is 0 Å². The lowest BCUT2D eigenvalue weighted by atomic mass is 9.99. The second-order valence-electron chi connectivity index (χ2n) is 18.6. The lowest BCUT2D eigenvalue weighted by Crippen LogP contribution is -2.53. The van der Waals surface area contributed by atoms with Crippen LogP contribution in [0.1, 0.15) is 290 Å². The first kappa shape index (κ1) is 58.0. The molecule has 0 rings (SSSR count). The van der Waals surface area contributed by atoms with E-state index in [1.54, 1.807) is 0 Å². The molecule has 352 valence electrons. The highest BCUT2D eigenvalue weighted by Crippen LogP contribution is 2.18. The van der Waals surface area contributed by atoms with Crippen molar-refractivity contribution in [1.29, 1.82) is 0 Å². The van der Waals surface area contributed by atoms with Crippen LogP contribution in [-0.4, -0.2) is 57.3 Å². The molecule has 0 aliphatic rings. The summed E-state index contributed by atoms with van der Waals surface area (Å²) in [4.78, 5) is 12.5. The molecular formula is C53H105NO5. The number of rotatable bonds is 49. The van der Waals surface area contributed by atoms with Gasteiger partial charge in [0.05, 0.1) is 18.8 Å². The number of nitrogens with one attached hydrogen (secondary N) is 1. The molecule has 0 radical (unpaired) electrons. The lowest BCUT2D eigenvalue weighted by molar-refractivity contribution is -0.132. The van der Waals surface area contributed by atoms with Crippen LogP contribution in [0.4, 0.5) is 0 Å². The van der Waals surface area contributed by atoms with Gasteiger partial charge in [0.25, 0.3) is 0 Å². The van der Waals surface area contributed by atoms with Crippen molar-refractivity contribution in [2.75, 3.05) is 6.61 Å². The molecule has 0 saturated carbocycles. The van der Waals surface area contributed by atoms with Crippen molar-refractivity contribution in [1.82, 2.24) is 5.32 Å². The van der Waals surface area contributed by atoms with Gasteiger partial charge in [-0.2, -0.15) is 0 Å². The van der Waals surface area contributed by atoms with E-state index in [1.165, 1.54) is 212 Å². The first-order valence-electron chi connectivity index (χ1n) is 26.6. The van der Waals surface area contributed by atoms with Crippen LogP contribution in [0.5, 0.6) is 0 Å². The van der Waals surface area contributed by atoms with Crippen LogP contribution < -0.4 is 5.32 Å². The molecular weight excluding hydrogens is 731 g/mol. The molecule has 4 atom stereocenters. The van der Waals surface area contributed by atoms with Gasteiger partial charge in [-0.1, -0.05) is 264 Å². The van der Waals surface area contributed by atoms with Crippen LogP contribution in [0.25, 0.3) is 0 Å². The molecule has 0 aliphatic carbocycles. The maximum absolute atomic E-state index is 12.5. The average Bonchev–Trinajstić information content (AvgIpc) is 3.24. The number of amides is 1. The summed E-state index contributed by atoms with van der Waals surface area (Å²) < 4.78 is 0. The highest BCUT2D eigenvalue weighted by Gasteiger charge is 2.28. The summed E-state index contributed by atoms with van der Waals surface area (Å²) in [5, 5.41) is 43.9. The second kappa shape index (κ2) is 48.1. The minimum atomic E-state index is -1.26. The summed E-state index contributed by atoms with van der Waals surface area (Å²) in [6.07, 6.45) is 55.6. The summed E-state index contributed by atoms with van der Waals surface area (Å²) in [5.41, 5.74) is 0. The van der Waals surface area contributed by atoms with Crippen molar-refractivity contribution >= 4 is 5.91 Å². The zero-order valence-electron chi connectivity index (χ0n) is 39.8. The Hall–Kier alpha value is -0.950. The standard InChI is InChI=1S/C53H105NO5/c1-3-5-7-9-11-13-15-17-19-20-21-22-23-24-25-26-27-28-29-30-31-33-34-36-38-40-42-44-46-50(56)52(58)49(48-55)54-53(59)51(57)47-45-43-41-39-37-35-32-18-16-14-12-10-8-6-4-2/h32,35,49-52,55-58H,3-31,33-34,36-48H2,1-2H3,(H,54,59)/b35-32-. The van der Waals surface area contributed by atoms with Gasteiger partial charge in [-0.15, -0.1) is 0 Å². The molecule has 59 heavy (non-hydrogen) atoms. The molecule has 0 saturated heterocycles. The van der Waals surface area contributed by atoms with Crippen LogP contribution >= 0.6 is 0 Å². The van der Waals surface area contributed by atoms with Crippen molar-refractivity contribution in [3.05, 3.63) is 12.2 Å². The fourth-order valence-corrected chi connectivity index (χ4v) is 8.52. The third-order valence-corrected chi connectivity index (χ3v) is 12.7. The van der Waals surface area contributed by atoms with E-state index in [1.807, 2.05) is 0 Å². The highest BCUT2D eigenvalue weighted by atomic mass is 16.3. The Kier molecular flexibility index (Phi) is 47.3. The summed E-state index contributed by atoms with van der Waals surface area (Å²) in [6, 6.07) is -0.987. The maximum atomic E-state index is 12.5. The number of hydrogen-bond acceptors (Lipinski definition) is 5. The van der Waals surface area contributed by atoms with Gasteiger partial charge in [0, 0.05) is 0 Å². The molecule has 0 aromatic rings. The fraction of sp³-hybridized carbons (Fsp3) is 0.943. The van der Waals surface area contributed by atoms with E-state index >= 15 is 0 Å². The van der Waals surface area contributed by atoms with Crippen LogP contribution in [0.15, 0.2) is 12.2 Å². The van der Waals surface area contributed by atoms with E-state index in [-0.39, 0.29) is 0 Å². The number of carbonyl (C=O) groups is 1.